The standard InChI is InChI=1S/C20H25N7O3/c1-11(2)26-8-4-5-14(20(26)30)23-16-9-17(21-3)27-18(25-16)12(10-22-27)19(29)24-13-6-7-15(13)28/h4-5,8-11,13,15,21,28H,6-7H2,1-3H3,(H,23,25)(H,24,29)/t13-,15-/m1/s1. The number of pyridine rings is 1. The zero-order chi connectivity index (χ0) is 21.4. The molecule has 3 aromatic heterocycles. The molecule has 0 unspecified atom stereocenters. The van der Waals surface area contributed by atoms with Gasteiger partial charge in [-0.3, -0.25) is 9.59 Å². The monoisotopic (exact) mass is 411 g/mol. The van der Waals surface area contributed by atoms with Gasteiger partial charge >= 0.3 is 0 Å². The van der Waals surface area contributed by atoms with Crippen LogP contribution in [0.4, 0.5) is 17.3 Å². The molecule has 0 radical (unpaired) electrons. The number of anilines is 3. The molecule has 0 aliphatic heterocycles. The third-order valence-corrected chi connectivity index (χ3v) is 5.32. The zero-order valence-corrected chi connectivity index (χ0v) is 17.1. The molecule has 0 saturated heterocycles. The maximum Gasteiger partial charge on any atom is 0.274 e. The van der Waals surface area contributed by atoms with Gasteiger partial charge < -0.3 is 25.6 Å². The number of carbonyl (C=O) groups is 1. The fraction of sp³-hybridized carbons (Fsp3) is 0.400. The molecule has 0 bridgehead atoms. The molecule has 30 heavy (non-hydrogen) atoms. The van der Waals surface area contributed by atoms with Crippen LogP contribution in [-0.2, 0) is 0 Å². The van der Waals surface area contributed by atoms with Gasteiger partial charge in [-0.15, -0.1) is 0 Å². The highest BCUT2D eigenvalue weighted by molar-refractivity contribution is 6.00. The predicted molar refractivity (Wildman–Crippen MR) is 113 cm³/mol. The van der Waals surface area contributed by atoms with Crippen molar-refractivity contribution in [3.05, 3.63) is 46.5 Å². The van der Waals surface area contributed by atoms with Crippen molar-refractivity contribution >= 4 is 28.9 Å². The van der Waals surface area contributed by atoms with E-state index in [1.54, 1.807) is 36.0 Å². The second kappa shape index (κ2) is 7.79. The molecule has 158 valence electrons. The van der Waals surface area contributed by atoms with E-state index in [-0.39, 0.29) is 23.6 Å². The zero-order valence-electron chi connectivity index (χ0n) is 17.1. The van der Waals surface area contributed by atoms with E-state index < -0.39 is 6.10 Å². The van der Waals surface area contributed by atoms with Crippen molar-refractivity contribution in [2.45, 2.75) is 44.9 Å². The molecular weight excluding hydrogens is 386 g/mol. The Balaban J connectivity index is 1.70. The summed E-state index contributed by atoms with van der Waals surface area (Å²) in [6.07, 6.45) is 4.09. The summed E-state index contributed by atoms with van der Waals surface area (Å²) >= 11 is 0. The number of hydrogen-bond acceptors (Lipinski definition) is 7. The lowest BCUT2D eigenvalue weighted by molar-refractivity contribution is 0.0448. The van der Waals surface area contributed by atoms with Gasteiger partial charge in [-0.05, 0) is 38.8 Å². The van der Waals surface area contributed by atoms with E-state index in [9.17, 15) is 14.7 Å². The first-order chi connectivity index (χ1) is 14.4. The van der Waals surface area contributed by atoms with Crippen LogP contribution in [0.15, 0.2) is 35.4 Å². The Morgan fingerprint density at radius 3 is 2.77 bits per heavy atom. The van der Waals surface area contributed by atoms with Crippen molar-refractivity contribution in [1.29, 1.82) is 0 Å². The molecule has 0 aromatic carbocycles. The number of nitrogens with one attached hydrogen (secondary N) is 3. The molecule has 0 spiro atoms. The number of aliphatic hydroxyl groups is 1. The Kier molecular flexibility index (Phi) is 5.17. The second-order valence-corrected chi connectivity index (χ2v) is 7.65. The SMILES string of the molecule is CNc1cc(Nc2cccn(C(C)C)c2=O)nc2c(C(=O)N[C@@H]3CC[C@H]3O)cnn12. The number of nitrogens with zero attached hydrogens (tertiary/aromatic N) is 4. The minimum Gasteiger partial charge on any atom is -0.391 e. The number of amides is 1. The summed E-state index contributed by atoms with van der Waals surface area (Å²) in [5.41, 5.74) is 0.858. The first kappa shape index (κ1) is 19.9. The third kappa shape index (κ3) is 3.50. The van der Waals surface area contributed by atoms with Crippen LogP contribution in [0, 0.1) is 0 Å². The Morgan fingerprint density at radius 1 is 1.33 bits per heavy atom. The molecule has 1 fully saturated rings. The average molecular weight is 411 g/mol. The molecule has 1 aliphatic rings. The highest BCUT2D eigenvalue weighted by Crippen LogP contribution is 2.23. The Labute approximate surface area is 172 Å². The fourth-order valence-electron chi connectivity index (χ4n) is 3.41. The van der Waals surface area contributed by atoms with Crippen LogP contribution in [-0.4, -0.2) is 49.4 Å². The Bertz CT molecular complexity index is 1150. The van der Waals surface area contributed by atoms with Gasteiger partial charge in [0.15, 0.2) is 5.65 Å². The average Bonchev–Trinajstić information content (AvgIpc) is 3.15. The second-order valence-electron chi connectivity index (χ2n) is 7.65. The number of fused-ring (bicyclic) bond motifs is 1. The molecular formula is C20H25N7O3. The van der Waals surface area contributed by atoms with Crippen molar-refractivity contribution in [1.82, 2.24) is 24.5 Å². The van der Waals surface area contributed by atoms with Gasteiger partial charge in [0.25, 0.3) is 11.5 Å². The Morgan fingerprint density at radius 2 is 2.13 bits per heavy atom. The quantitative estimate of drug-likeness (QED) is 0.484. The number of carbonyl (C=O) groups excluding carboxylic acids is 1. The molecule has 1 aliphatic carbocycles. The van der Waals surface area contributed by atoms with Crippen LogP contribution in [0.2, 0.25) is 0 Å². The van der Waals surface area contributed by atoms with Crippen LogP contribution in [0.25, 0.3) is 5.65 Å². The molecule has 1 amide bonds. The van der Waals surface area contributed by atoms with Crippen molar-refractivity contribution in [3.63, 3.8) is 0 Å². The summed E-state index contributed by atoms with van der Waals surface area (Å²) in [5, 5.41) is 22.9. The van der Waals surface area contributed by atoms with Crippen molar-refractivity contribution < 1.29 is 9.90 Å². The molecule has 10 nitrogen and oxygen atoms in total. The van der Waals surface area contributed by atoms with Gasteiger partial charge in [-0.2, -0.15) is 9.61 Å². The van der Waals surface area contributed by atoms with E-state index in [4.69, 9.17) is 0 Å². The topological polar surface area (TPSA) is 126 Å². The van der Waals surface area contributed by atoms with Crippen LogP contribution in [0.3, 0.4) is 0 Å². The fourth-order valence-corrected chi connectivity index (χ4v) is 3.41. The molecule has 1 saturated carbocycles. The molecule has 3 heterocycles. The third-order valence-electron chi connectivity index (χ3n) is 5.32. The summed E-state index contributed by atoms with van der Waals surface area (Å²) < 4.78 is 3.15. The van der Waals surface area contributed by atoms with Gasteiger partial charge in [-0.1, -0.05) is 0 Å². The van der Waals surface area contributed by atoms with Gasteiger partial charge in [-0.25, -0.2) is 4.98 Å². The van der Waals surface area contributed by atoms with Gasteiger partial charge in [0.05, 0.1) is 18.3 Å². The van der Waals surface area contributed by atoms with Gasteiger partial charge in [0.2, 0.25) is 0 Å². The van der Waals surface area contributed by atoms with Crippen molar-refractivity contribution in [3.8, 4) is 0 Å². The van der Waals surface area contributed by atoms with Gasteiger partial charge in [0.1, 0.15) is 22.9 Å². The predicted octanol–water partition coefficient (Wildman–Crippen LogP) is 1.51. The maximum atomic E-state index is 12.7. The van der Waals surface area contributed by atoms with E-state index >= 15 is 0 Å². The van der Waals surface area contributed by atoms with E-state index in [1.165, 1.54) is 10.7 Å². The highest BCUT2D eigenvalue weighted by atomic mass is 16.3. The molecule has 10 heteroatoms. The number of hydrogen-bond donors (Lipinski definition) is 4. The summed E-state index contributed by atoms with van der Waals surface area (Å²) in [5.74, 6) is 0.663. The molecule has 4 N–H and O–H groups in total. The number of aromatic nitrogens is 4. The molecule has 3 aromatic rings. The number of rotatable bonds is 6. The first-order valence-corrected chi connectivity index (χ1v) is 9.92. The smallest absolute Gasteiger partial charge is 0.274 e. The lowest BCUT2D eigenvalue weighted by atomic mass is 9.89. The highest BCUT2D eigenvalue weighted by Gasteiger charge is 2.31. The van der Waals surface area contributed by atoms with Crippen LogP contribution >= 0.6 is 0 Å². The van der Waals surface area contributed by atoms with E-state index in [0.717, 1.165) is 6.42 Å². The first-order valence-electron chi connectivity index (χ1n) is 9.92. The summed E-state index contributed by atoms with van der Waals surface area (Å²) in [7, 11) is 1.74. The largest absolute Gasteiger partial charge is 0.391 e. The normalized spacial score (nSPS) is 18.3. The van der Waals surface area contributed by atoms with Crippen LogP contribution < -0.4 is 21.5 Å². The molecule has 2 atom stereocenters. The minimum atomic E-state index is -0.518. The van der Waals surface area contributed by atoms with Crippen molar-refractivity contribution in [2.24, 2.45) is 0 Å². The van der Waals surface area contributed by atoms with E-state index in [2.05, 4.69) is 26.0 Å². The minimum absolute atomic E-state index is 0.0227. The molecule has 4 rings (SSSR count). The summed E-state index contributed by atoms with van der Waals surface area (Å²) in [6.45, 7) is 3.87. The number of aliphatic hydroxyl groups excluding tert-OH is 1. The summed E-state index contributed by atoms with van der Waals surface area (Å²) in [6, 6.07) is 4.96. The lowest BCUT2D eigenvalue weighted by Crippen LogP contribution is -2.50. The van der Waals surface area contributed by atoms with Gasteiger partial charge in [0, 0.05) is 25.4 Å². The van der Waals surface area contributed by atoms with Crippen LogP contribution in [0.1, 0.15) is 43.1 Å². The Hall–Kier alpha value is -3.40. The van der Waals surface area contributed by atoms with Crippen LogP contribution in [0.5, 0.6) is 0 Å². The maximum absolute atomic E-state index is 12.7. The lowest BCUT2D eigenvalue weighted by Gasteiger charge is -2.32. The van der Waals surface area contributed by atoms with Crippen molar-refractivity contribution in [2.75, 3.05) is 17.7 Å². The summed E-state index contributed by atoms with van der Waals surface area (Å²) in [4.78, 5) is 29.9. The van der Waals surface area contributed by atoms with E-state index in [0.29, 0.717) is 35.0 Å². The van der Waals surface area contributed by atoms with E-state index in [1.807, 2.05) is 13.8 Å².